The fourth-order valence-electron chi connectivity index (χ4n) is 4.41. The summed E-state index contributed by atoms with van der Waals surface area (Å²) in [7, 11) is 0. The normalized spacial score (nSPS) is 14.2. The molecule has 2 aromatic rings. The molecule has 0 aromatic heterocycles. The minimum absolute atomic E-state index is 0.0304. The standard InChI is InChI=1S/C28H32F3N5O5/c1-18(14-24(38)41-26(40)28(29,30)31)35-17-23(37)36(16-20-9-4-2-5-10-20)22-12-11-19(15-21(22)25(35)39)8-6-3-7-13-34-27(32)33/h2,4-5,9-12,15,18H,3,6-8,13-14,16-17H2,1H3,(H4,32,33,34). The summed E-state index contributed by atoms with van der Waals surface area (Å²) in [6.07, 6.45) is -3.02. The smallest absolute Gasteiger partial charge is 0.386 e. The van der Waals surface area contributed by atoms with E-state index in [-0.39, 0.29) is 18.1 Å². The Bertz CT molecular complexity index is 1300. The summed E-state index contributed by atoms with van der Waals surface area (Å²) >= 11 is 0. The number of aryl methyl sites for hydroxylation is 1. The van der Waals surface area contributed by atoms with Crippen LogP contribution in [0, 0.1) is 0 Å². The van der Waals surface area contributed by atoms with Gasteiger partial charge in [-0.15, -0.1) is 0 Å². The molecule has 0 spiro atoms. The number of aliphatic imine (C=N–C) groups is 1. The maximum atomic E-state index is 13.7. The zero-order chi connectivity index (χ0) is 30.2. The SMILES string of the molecule is CC(CC(=O)OC(=O)C(F)(F)F)N1CC(=O)N(Cc2ccccc2)c2ccc(CCCCCN=C(N)N)cc2C1=O. The summed E-state index contributed by atoms with van der Waals surface area (Å²) in [5.41, 5.74) is 12.9. The first-order valence-corrected chi connectivity index (χ1v) is 13.0. The van der Waals surface area contributed by atoms with Crippen LogP contribution < -0.4 is 16.4 Å². The van der Waals surface area contributed by atoms with Crippen LogP contribution in [0.25, 0.3) is 0 Å². The van der Waals surface area contributed by atoms with Crippen molar-refractivity contribution in [3.63, 3.8) is 0 Å². The van der Waals surface area contributed by atoms with Crippen LogP contribution in [0.1, 0.15) is 54.1 Å². The van der Waals surface area contributed by atoms with E-state index in [0.717, 1.165) is 35.3 Å². The summed E-state index contributed by atoms with van der Waals surface area (Å²) in [4.78, 5) is 56.8. The number of carbonyl (C=O) groups excluding carboxylic acids is 4. The van der Waals surface area contributed by atoms with Gasteiger partial charge in [-0.3, -0.25) is 19.4 Å². The number of hydrogen-bond acceptors (Lipinski definition) is 6. The molecule has 1 aliphatic heterocycles. The van der Waals surface area contributed by atoms with Crippen molar-refractivity contribution in [3.8, 4) is 0 Å². The molecular formula is C28H32F3N5O5. The summed E-state index contributed by atoms with van der Waals surface area (Å²) < 4.78 is 41.4. The molecule has 1 atom stereocenters. The van der Waals surface area contributed by atoms with E-state index >= 15 is 0 Å². The molecular weight excluding hydrogens is 543 g/mol. The molecule has 1 heterocycles. The lowest BCUT2D eigenvalue weighted by Crippen LogP contribution is -2.44. The van der Waals surface area contributed by atoms with Gasteiger partial charge in [-0.05, 0) is 49.4 Å². The van der Waals surface area contributed by atoms with Crippen molar-refractivity contribution in [2.75, 3.05) is 18.0 Å². The third-order valence-electron chi connectivity index (χ3n) is 6.48. The second kappa shape index (κ2) is 13.8. The lowest BCUT2D eigenvalue weighted by Gasteiger charge is -2.27. The first kappa shape index (κ1) is 31.1. The molecule has 2 amide bonds. The Morgan fingerprint density at radius 1 is 1.02 bits per heavy atom. The topological polar surface area (TPSA) is 148 Å². The lowest BCUT2D eigenvalue weighted by atomic mass is 10.0. The summed E-state index contributed by atoms with van der Waals surface area (Å²) in [6, 6.07) is 13.3. The Hall–Kier alpha value is -4.42. The molecule has 0 saturated heterocycles. The number of nitrogens with zero attached hydrogens (tertiary/aromatic N) is 3. The number of esters is 2. The number of guanidine groups is 1. The minimum atomic E-state index is -5.34. The molecule has 220 valence electrons. The first-order chi connectivity index (χ1) is 19.4. The molecule has 4 N–H and O–H groups in total. The zero-order valence-electron chi connectivity index (χ0n) is 22.5. The molecule has 1 aliphatic rings. The number of halogens is 3. The Labute approximate surface area is 235 Å². The van der Waals surface area contributed by atoms with Gasteiger partial charge in [0.1, 0.15) is 6.54 Å². The van der Waals surface area contributed by atoms with Gasteiger partial charge in [-0.2, -0.15) is 13.2 Å². The number of unbranched alkanes of at least 4 members (excludes halogenated alkanes) is 2. The number of rotatable bonds is 11. The molecule has 0 saturated carbocycles. The highest BCUT2D eigenvalue weighted by molar-refractivity contribution is 6.10. The van der Waals surface area contributed by atoms with Crippen molar-refractivity contribution < 1.29 is 37.1 Å². The van der Waals surface area contributed by atoms with Gasteiger partial charge in [-0.1, -0.05) is 42.8 Å². The molecule has 3 rings (SSSR count). The number of carbonyl (C=O) groups is 4. The van der Waals surface area contributed by atoms with Crippen LogP contribution in [-0.4, -0.2) is 59.9 Å². The van der Waals surface area contributed by atoms with Gasteiger partial charge >= 0.3 is 18.1 Å². The number of fused-ring (bicyclic) bond motifs is 1. The van der Waals surface area contributed by atoms with E-state index in [9.17, 15) is 32.3 Å². The van der Waals surface area contributed by atoms with Crippen molar-refractivity contribution in [2.45, 2.75) is 57.8 Å². The predicted octanol–water partition coefficient (Wildman–Crippen LogP) is 3.07. The quantitative estimate of drug-likeness (QED) is 0.138. The first-order valence-electron chi connectivity index (χ1n) is 13.0. The highest BCUT2D eigenvalue weighted by Gasteiger charge is 2.43. The maximum absolute atomic E-state index is 13.7. The number of anilines is 1. The van der Waals surface area contributed by atoms with Crippen LogP contribution in [0.15, 0.2) is 53.5 Å². The Morgan fingerprint density at radius 3 is 2.39 bits per heavy atom. The number of hydrogen-bond donors (Lipinski definition) is 2. The van der Waals surface area contributed by atoms with Gasteiger partial charge in [0, 0.05) is 12.6 Å². The van der Waals surface area contributed by atoms with E-state index in [1.807, 2.05) is 36.4 Å². The van der Waals surface area contributed by atoms with E-state index in [1.54, 1.807) is 12.1 Å². The van der Waals surface area contributed by atoms with Crippen molar-refractivity contribution in [1.82, 2.24) is 4.90 Å². The number of nitrogens with two attached hydrogens (primary N) is 2. The number of benzene rings is 2. The molecule has 13 heteroatoms. The second-order valence-corrected chi connectivity index (χ2v) is 9.68. The number of amides is 2. The van der Waals surface area contributed by atoms with Gasteiger partial charge < -0.3 is 26.0 Å². The average Bonchev–Trinajstić information content (AvgIpc) is 3.00. The number of ether oxygens (including phenoxy) is 1. The molecule has 2 aromatic carbocycles. The fraction of sp³-hybridized carbons (Fsp3) is 0.393. The van der Waals surface area contributed by atoms with E-state index in [0.29, 0.717) is 18.7 Å². The number of alkyl halides is 3. The van der Waals surface area contributed by atoms with E-state index in [1.165, 1.54) is 11.8 Å². The van der Waals surface area contributed by atoms with Crippen LogP contribution in [0.3, 0.4) is 0 Å². The third kappa shape index (κ3) is 8.78. The molecule has 0 radical (unpaired) electrons. The third-order valence-corrected chi connectivity index (χ3v) is 6.48. The van der Waals surface area contributed by atoms with Gasteiger partial charge in [0.15, 0.2) is 5.96 Å². The second-order valence-electron chi connectivity index (χ2n) is 9.68. The van der Waals surface area contributed by atoms with Gasteiger partial charge in [0.2, 0.25) is 5.91 Å². The fourth-order valence-corrected chi connectivity index (χ4v) is 4.41. The highest BCUT2D eigenvalue weighted by Crippen LogP contribution is 2.30. The van der Waals surface area contributed by atoms with Crippen LogP contribution in [-0.2, 0) is 32.1 Å². The van der Waals surface area contributed by atoms with Gasteiger partial charge in [0.25, 0.3) is 5.91 Å². The molecule has 1 unspecified atom stereocenters. The molecule has 0 bridgehead atoms. The molecule has 0 fully saturated rings. The van der Waals surface area contributed by atoms with Crippen molar-refractivity contribution >= 4 is 35.4 Å². The van der Waals surface area contributed by atoms with Gasteiger partial charge in [0.05, 0.1) is 24.2 Å². The van der Waals surface area contributed by atoms with Crippen LogP contribution in [0.4, 0.5) is 18.9 Å². The highest BCUT2D eigenvalue weighted by atomic mass is 19.4. The van der Waals surface area contributed by atoms with E-state index in [4.69, 9.17) is 11.5 Å². The monoisotopic (exact) mass is 575 g/mol. The van der Waals surface area contributed by atoms with Crippen molar-refractivity contribution in [1.29, 1.82) is 0 Å². The molecule has 0 aliphatic carbocycles. The summed E-state index contributed by atoms with van der Waals surface area (Å²) in [5, 5.41) is 0. The van der Waals surface area contributed by atoms with Gasteiger partial charge in [-0.25, -0.2) is 4.79 Å². The van der Waals surface area contributed by atoms with Crippen molar-refractivity contribution in [3.05, 3.63) is 65.2 Å². The van der Waals surface area contributed by atoms with Crippen LogP contribution in [0.2, 0.25) is 0 Å². The molecule has 41 heavy (non-hydrogen) atoms. The summed E-state index contributed by atoms with van der Waals surface area (Å²) in [5.74, 6) is -5.08. The Balaban J connectivity index is 1.84. The van der Waals surface area contributed by atoms with Crippen LogP contribution in [0.5, 0.6) is 0 Å². The maximum Gasteiger partial charge on any atom is 0.491 e. The Kier molecular flexibility index (Phi) is 10.5. The summed E-state index contributed by atoms with van der Waals surface area (Å²) in [6.45, 7) is 1.65. The Morgan fingerprint density at radius 2 is 1.73 bits per heavy atom. The predicted molar refractivity (Wildman–Crippen MR) is 145 cm³/mol. The van der Waals surface area contributed by atoms with E-state index in [2.05, 4.69) is 9.73 Å². The van der Waals surface area contributed by atoms with Crippen molar-refractivity contribution in [2.24, 2.45) is 16.5 Å². The van der Waals surface area contributed by atoms with E-state index < -0.39 is 48.9 Å². The lowest BCUT2D eigenvalue weighted by molar-refractivity contribution is -0.202. The minimum Gasteiger partial charge on any atom is -0.386 e. The molecule has 10 nitrogen and oxygen atoms in total. The zero-order valence-corrected chi connectivity index (χ0v) is 22.5. The average molecular weight is 576 g/mol. The van der Waals surface area contributed by atoms with Crippen LogP contribution >= 0.6 is 0 Å². The largest absolute Gasteiger partial charge is 0.491 e.